The van der Waals surface area contributed by atoms with Crippen LogP contribution in [-0.2, 0) is 13.0 Å². The molecule has 2 heterocycles. The van der Waals surface area contributed by atoms with Crippen molar-refractivity contribution >= 4 is 5.95 Å². The van der Waals surface area contributed by atoms with Crippen molar-refractivity contribution < 1.29 is 0 Å². The molecule has 2 rings (SSSR count). The van der Waals surface area contributed by atoms with Gasteiger partial charge in [0.15, 0.2) is 0 Å². The molecule has 0 atom stereocenters. The van der Waals surface area contributed by atoms with Crippen LogP contribution < -0.4 is 10.6 Å². The molecule has 100 valence electrons. The molecule has 0 fully saturated rings. The van der Waals surface area contributed by atoms with Crippen LogP contribution >= 0.6 is 0 Å². The Morgan fingerprint density at radius 2 is 2.33 bits per heavy atom. The molecule has 0 aromatic carbocycles. The molecule has 1 aromatic rings. The van der Waals surface area contributed by atoms with Gasteiger partial charge in [-0.2, -0.15) is 0 Å². The van der Waals surface area contributed by atoms with Crippen molar-refractivity contribution in [3.63, 3.8) is 0 Å². The van der Waals surface area contributed by atoms with E-state index < -0.39 is 0 Å². The number of hydrogen-bond donors (Lipinski definition) is 1. The van der Waals surface area contributed by atoms with Crippen LogP contribution in [0.25, 0.3) is 0 Å². The molecular formula is C13H23N5. The highest BCUT2D eigenvalue weighted by Gasteiger charge is 2.18. The molecule has 0 amide bonds. The van der Waals surface area contributed by atoms with E-state index in [9.17, 15) is 0 Å². The number of likely N-dealkylation sites (N-methyl/N-ethyl adjacent to an activating group) is 1. The number of nitrogens with two attached hydrogens (primary N) is 1. The van der Waals surface area contributed by atoms with Crippen molar-refractivity contribution in [2.45, 2.75) is 26.3 Å². The van der Waals surface area contributed by atoms with Gasteiger partial charge >= 0.3 is 0 Å². The smallest absolute Gasteiger partial charge is 0.225 e. The minimum Gasteiger partial charge on any atom is -0.343 e. The van der Waals surface area contributed by atoms with Gasteiger partial charge in [-0.1, -0.05) is 6.92 Å². The lowest BCUT2D eigenvalue weighted by Crippen LogP contribution is -2.33. The molecule has 0 spiro atoms. The monoisotopic (exact) mass is 249 g/mol. The first-order valence-electron chi connectivity index (χ1n) is 6.73. The number of anilines is 1. The van der Waals surface area contributed by atoms with Crippen LogP contribution in [0.2, 0.25) is 0 Å². The molecule has 2 N–H and O–H groups in total. The third-order valence-electron chi connectivity index (χ3n) is 3.35. The second kappa shape index (κ2) is 6.11. The molecule has 5 heteroatoms. The standard InChI is InChI=1S/C13H23N5/c1-3-6-18-7-4-12-11(10-18)9-15-13(16-12)17(2)8-5-14/h9H,3-8,10,14H2,1-2H3. The predicted molar refractivity (Wildman–Crippen MR) is 73.6 cm³/mol. The summed E-state index contributed by atoms with van der Waals surface area (Å²) in [6.45, 7) is 6.90. The number of hydrogen-bond acceptors (Lipinski definition) is 5. The molecule has 18 heavy (non-hydrogen) atoms. The van der Waals surface area contributed by atoms with Crippen LogP contribution in [-0.4, -0.2) is 48.1 Å². The molecule has 1 aliphatic rings. The zero-order valence-electron chi connectivity index (χ0n) is 11.4. The second-order valence-corrected chi connectivity index (χ2v) is 4.88. The average Bonchev–Trinajstić information content (AvgIpc) is 2.39. The molecule has 0 radical (unpaired) electrons. The van der Waals surface area contributed by atoms with Gasteiger partial charge in [-0.25, -0.2) is 9.97 Å². The summed E-state index contributed by atoms with van der Waals surface area (Å²) in [7, 11) is 1.99. The zero-order valence-corrected chi connectivity index (χ0v) is 11.4. The molecule has 0 aliphatic carbocycles. The van der Waals surface area contributed by atoms with E-state index in [0.29, 0.717) is 6.54 Å². The maximum absolute atomic E-state index is 5.55. The van der Waals surface area contributed by atoms with E-state index in [1.165, 1.54) is 17.7 Å². The van der Waals surface area contributed by atoms with Gasteiger partial charge in [0.2, 0.25) is 5.95 Å². The van der Waals surface area contributed by atoms with Gasteiger partial charge in [0.05, 0.1) is 5.69 Å². The molecule has 5 nitrogen and oxygen atoms in total. The van der Waals surface area contributed by atoms with E-state index in [1.54, 1.807) is 0 Å². The van der Waals surface area contributed by atoms with E-state index in [1.807, 2.05) is 18.1 Å². The fourth-order valence-corrected chi connectivity index (χ4v) is 2.35. The highest BCUT2D eigenvalue weighted by Crippen LogP contribution is 2.18. The summed E-state index contributed by atoms with van der Waals surface area (Å²) >= 11 is 0. The van der Waals surface area contributed by atoms with Crippen LogP contribution in [0.1, 0.15) is 24.6 Å². The Bertz CT molecular complexity index is 393. The lowest BCUT2D eigenvalue weighted by atomic mass is 10.1. The van der Waals surface area contributed by atoms with E-state index in [4.69, 9.17) is 5.73 Å². The fourth-order valence-electron chi connectivity index (χ4n) is 2.35. The highest BCUT2D eigenvalue weighted by molar-refractivity contribution is 5.33. The molecule has 0 saturated carbocycles. The molecule has 1 aliphatic heterocycles. The minimum absolute atomic E-state index is 0.626. The summed E-state index contributed by atoms with van der Waals surface area (Å²) in [5.74, 6) is 0.795. The minimum atomic E-state index is 0.626. The number of fused-ring (bicyclic) bond motifs is 1. The van der Waals surface area contributed by atoms with Crippen molar-refractivity contribution in [2.24, 2.45) is 5.73 Å². The van der Waals surface area contributed by atoms with E-state index in [-0.39, 0.29) is 0 Å². The summed E-state index contributed by atoms with van der Waals surface area (Å²) < 4.78 is 0. The summed E-state index contributed by atoms with van der Waals surface area (Å²) in [6, 6.07) is 0. The van der Waals surface area contributed by atoms with Gasteiger partial charge in [-0.3, -0.25) is 4.90 Å². The van der Waals surface area contributed by atoms with Gasteiger partial charge in [0.1, 0.15) is 0 Å². The first-order valence-corrected chi connectivity index (χ1v) is 6.73. The Labute approximate surface area is 109 Å². The van der Waals surface area contributed by atoms with Crippen molar-refractivity contribution in [3.05, 3.63) is 17.5 Å². The Morgan fingerprint density at radius 3 is 3.06 bits per heavy atom. The first-order chi connectivity index (χ1) is 8.74. The topological polar surface area (TPSA) is 58.3 Å². The average molecular weight is 249 g/mol. The SMILES string of the molecule is CCCN1CCc2nc(N(C)CCN)ncc2C1. The first kappa shape index (κ1) is 13.2. The van der Waals surface area contributed by atoms with Crippen molar-refractivity contribution in [3.8, 4) is 0 Å². The predicted octanol–water partition coefficient (Wildman–Crippen LogP) is 0.640. The summed E-state index contributed by atoms with van der Waals surface area (Å²) in [6.07, 6.45) is 4.21. The van der Waals surface area contributed by atoms with Gasteiger partial charge in [0, 0.05) is 51.4 Å². The third kappa shape index (κ3) is 2.97. The Morgan fingerprint density at radius 1 is 1.50 bits per heavy atom. The molecule has 1 aromatic heterocycles. The molecule has 0 unspecified atom stereocenters. The lowest BCUT2D eigenvalue weighted by Gasteiger charge is -2.28. The van der Waals surface area contributed by atoms with Crippen LogP contribution in [0.15, 0.2) is 6.20 Å². The van der Waals surface area contributed by atoms with Gasteiger partial charge in [-0.05, 0) is 13.0 Å². The Kier molecular flexibility index (Phi) is 4.49. The Balaban J connectivity index is 2.09. The van der Waals surface area contributed by atoms with Gasteiger partial charge in [-0.15, -0.1) is 0 Å². The maximum Gasteiger partial charge on any atom is 0.225 e. The highest BCUT2D eigenvalue weighted by atomic mass is 15.2. The summed E-state index contributed by atoms with van der Waals surface area (Å²) in [5, 5.41) is 0. The maximum atomic E-state index is 5.55. The molecule has 0 saturated heterocycles. The molecule has 0 bridgehead atoms. The van der Waals surface area contributed by atoms with E-state index in [2.05, 4.69) is 21.8 Å². The van der Waals surface area contributed by atoms with Crippen LogP contribution in [0.5, 0.6) is 0 Å². The summed E-state index contributed by atoms with van der Waals surface area (Å²) in [4.78, 5) is 13.6. The number of nitrogens with zero attached hydrogens (tertiary/aromatic N) is 4. The van der Waals surface area contributed by atoms with E-state index in [0.717, 1.165) is 38.5 Å². The van der Waals surface area contributed by atoms with Crippen LogP contribution in [0.3, 0.4) is 0 Å². The lowest BCUT2D eigenvalue weighted by molar-refractivity contribution is 0.252. The van der Waals surface area contributed by atoms with Crippen molar-refractivity contribution in [1.82, 2.24) is 14.9 Å². The quantitative estimate of drug-likeness (QED) is 0.830. The van der Waals surface area contributed by atoms with E-state index >= 15 is 0 Å². The van der Waals surface area contributed by atoms with Crippen LogP contribution in [0, 0.1) is 0 Å². The van der Waals surface area contributed by atoms with Gasteiger partial charge < -0.3 is 10.6 Å². The molecular weight excluding hydrogens is 226 g/mol. The summed E-state index contributed by atoms with van der Waals surface area (Å²) in [5.41, 5.74) is 8.03. The van der Waals surface area contributed by atoms with Crippen LogP contribution in [0.4, 0.5) is 5.95 Å². The Hall–Kier alpha value is -1.20. The number of rotatable bonds is 5. The normalized spacial score (nSPS) is 15.5. The largest absolute Gasteiger partial charge is 0.343 e. The zero-order chi connectivity index (χ0) is 13.0. The van der Waals surface area contributed by atoms with Gasteiger partial charge in [0.25, 0.3) is 0 Å². The fraction of sp³-hybridized carbons (Fsp3) is 0.692. The van der Waals surface area contributed by atoms with Crippen molar-refractivity contribution in [2.75, 3.05) is 38.1 Å². The third-order valence-corrected chi connectivity index (χ3v) is 3.35. The van der Waals surface area contributed by atoms with Crippen molar-refractivity contribution in [1.29, 1.82) is 0 Å². The second-order valence-electron chi connectivity index (χ2n) is 4.88. The number of aromatic nitrogens is 2.